The Morgan fingerprint density at radius 1 is 1.37 bits per heavy atom. The molecule has 27 heavy (non-hydrogen) atoms. The molecule has 3 heterocycles. The molecule has 10 heteroatoms. The summed E-state index contributed by atoms with van der Waals surface area (Å²) in [5.41, 5.74) is 0.641. The van der Waals surface area contributed by atoms with E-state index in [2.05, 4.69) is 31.6 Å². The van der Waals surface area contributed by atoms with Crippen molar-refractivity contribution in [2.45, 2.75) is 25.3 Å². The Morgan fingerprint density at radius 2 is 2.19 bits per heavy atom. The van der Waals surface area contributed by atoms with Gasteiger partial charge >= 0.3 is 0 Å². The zero-order valence-corrected chi connectivity index (χ0v) is 15.6. The second kappa shape index (κ2) is 6.93. The normalized spacial score (nSPS) is 20.1. The lowest BCUT2D eigenvalue weighted by atomic mass is 10.3. The number of hydrogen-bond acceptors (Lipinski definition) is 6. The molecule has 144 valence electrons. The molecule has 1 atom stereocenters. The van der Waals surface area contributed by atoms with E-state index in [-0.39, 0.29) is 29.6 Å². The van der Waals surface area contributed by atoms with Gasteiger partial charge < -0.3 is 9.88 Å². The number of nitrogens with zero attached hydrogens (tertiary/aromatic N) is 3. The molecule has 9 nitrogen and oxygen atoms in total. The van der Waals surface area contributed by atoms with E-state index in [1.807, 2.05) is 11.0 Å². The van der Waals surface area contributed by atoms with Crippen molar-refractivity contribution in [3.63, 3.8) is 0 Å². The second-order valence-corrected chi connectivity index (χ2v) is 8.79. The first-order valence-corrected chi connectivity index (χ1v) is 10.6. The van der Waals surface area contributed by atoms with E-state index in [4.69, 9.17) is 0 Å². The van der Waals surface area contributed by atoms with Gasteiger partial charge in [0, 0.05) is 31.2 Å². The van der Waals surface area contributed by atoms with Crippen molar-refractivity contribution >= 4 is 38.7 Å². The Hall–Kier alpha value is -2.46. The first-order chi connectivity index (χ1) is 12.9. The molecule has 0 spiro atoms. The summed E-state index contributed by atoms with van der Waals surface area (Å²) in [6.07, 6.45) is 5.63. The Kier molecular flexibility index (Phi) is 4.60. The van der Waals surface area contributed by atoms with Gasteiger partial charge in [-0.2, -0.15) is 9.97 Å². The smallest absolute Gasteiger partial charge is 0.233 e. The van der Waals surface area contributed by atoms with Gasteiger partial charge in [0.05, 0.1) is 11.1 Å². The number of rotatable bonds is 7. The van der Waals surface area contributed by atoms with Gasteiger partial charge in [-0.25, -0.2) is 13.1 Å². The van der Waals surface area contributed by atoms with Crippen molar-refractivity contribution in [1.29, 1.82) is 0 Å². The van der Waals surface area contributed by atoms with Crippen LogP contribution in [0.15, 0.2) is 24.9 Å². The van der Waals surface area contributed by atoms with E-state index in [9.17, 15) is 13.2 Å². The van der Waals surface area contributed by atoms with Crippen molar-refractivity contribution in [2.75, 3.05) is 29.1 Å². The third-order valence-electron chi connectivity index (χ3n) is 4.75. The number of amides is 1. The fourth-order valence-corrected chi connectivity index (χ4v) is 4.39. The minimum absolute atomic E-state index is 0.0525. The minimum Gasteiger partial charge on any atom is -0.354 e. The van der Waals surface area contributed by atoms with Crippen molar-refractivity contribution in [3.8, 4) is 0 Å². The van der Waals surface area contributed by atoms with Crippen LogP contribution in [0.1, 0.15) is 19.3 Å². The Morgan fingerprint density at radius 3 is 2.93 bits per heavy atom. The van der Waals surface area contributed by atoms with Crippen LogP contribution < -0.4 is 14.9 Å². The van der Waals surface area contributed by atoms with Crippen LogP contribution in [0.2, 0.25) is 0 Å². The van der Waals surface area contributed by atoms with Gasteiger partial charge in [0.15, 0.2) is 0 Å². The fourth-order valence-electron chi connectivity index (χ4n) is 3.29. The zero-order chi connectivity index (χ0) is 19.0. The molecule has 0 bridgehead atoms. The molecule has 2 aromatic rings. The molecule has 1 saturated carbocycles. The van der Waals surface area contributed by atoms with Gasteiger partial charge in [-0.1, -0.05) is 6.08 Å². The third kappa shape index (κ3) is 3.96. The Bertz CT molecular complexity index is 982. The van der Waals surface area contributed by atoms with Crippen molar-refractivity contribution in [1.82, 2.24) is 19.7 Å². The zero-order valence-electron chi connectivity index (χ0n) is 14.8. The SMILES string of the molecule is C=CCS(=O)(=O)N[C@@H]1CCN(c2nc(NC(=O)C3CC3)nc3[nH]ccc23)C1. The molecule has 0 unspecified atom stereocenters. The summed E-state index contributed by atoms with van der Waals surface area (Å²) in [5, 5.41) is 3.63. The van der Waals surface area contributed by atoms with Crippen LogP contribution in [0, 0.1) is 5.92 Å². The average Bonchev–Trinajstić information content (AvgIpc) is 3.19. The van der Waals surface area contributed by atoms with E-state index in [1.54, 1.807) is 6.20 Å². The van der Waals surface area contributed by atoms with E-state index in [1.165, 1.54) is 6.08 Å². The summed E-state index contributed by atoms with van der Waals surface area (Å²) in [4.78, 5) is 26.0. The number of sulfonamides is 1. The van der Waals surface area contributed by atoms with E-state index in [0.29, 0.717) is 31.0 Å². The van der Waals surface area contributed by atoms with Gasteiger partial charge in [-0.3, -0.25) is 10.1 Å². The lowest BCUT2D eigenvalue weighted by Crippen LogP contribution is -2.38. The molecule has 1 amide bonds. The molecular formula is C17H22N6O3S. The first kappa shape index (κ1) is 17.9. The number of H-pyrrole nitrogens is 1. The van der Waals surface area contributed by atoms with Gasteiger partial charge in [0.2, 0.25) is 21.9 Å². The van der Waals surface area contributed by atoms with E-state index in [0.717, 1.165) is 18.2 Å². The number of aromatic nitrogens is 3. The van der Waals surface area contributed by atoms with Crippen LogP contribution in [0.4, 0.5) is 11.8 Å². The van der Waals surface area contributed by atoms with E-state index < -0.39 is 10.0 Å². The van der Waals surface area contributed by atoms with Crippen LogP contribution >= 0.6 is 0 Å². The highest BCUT2D eigenvalue weighted by Crippen LogP contribution is 2.31. The van der Waals surface area contributed by atoms with Crippen molar-refractivity contribution in [3.05, 3.63) is 24.9 Å². The Balaban J connectivity index is 1.55. The molecule has 2 aliphatic rings. The van der Waals surface area contributed by atoms with Gasteiger partial charge in [-0.15, -0.1) is 6.58 Å². The molecular weight excluding hydrogens is 368 g/mol. The maximum Gasteiger partial charge on any atom is 0.233 e. The number of fused-ring (bicyclic) bond motifs is 1. The highest BCUT2D eigenvalue weighted by molar-refractivity contribution is 7.89. The van der Waals surface area contributed by atoms with Crippen LogP contribution in [0.3, 0.4) is 0 Å². The number of carbonyl (C=O) groups excluding carboxylic acids is 1. The molecule has 1 aliphatic heterocycles. The standard InChI is InChI=1S/C17H22N6O3S/c1-2-9-27(25,26)22-12-6-8-23(10-12)15-13-5-7-18-14(13)19-17(20-15)21-16(24)11-3-4-11/h2,5,7,11-12,22H,1,3-4,6,8-10H2,(H2,18,19,20,21,24)/t12-/m1/s1. The summed E-state index contributed by atoms with van der Waals surface area (Å²) in [6, 6.07) is 1.69. The quantitative estimate of drug-likeness (QED) is 0.607. The first-order valence-electron chi connectivity index (χ1n) is 8.97. The maximum absolute atomic E-state index is 12.1. The topological polar surface area (TPSA) is 120 Å². The molecule has 3 N–H and O–H groups in total. The van der Waals surface area contributed by atoms with Gasteiger partial charge in [0.25, 0.3) is 0 Å². The minimum atomic E-state index is -3.37. The van der Waals surface area contributed by atoms with Crippen LogP contribution in [0.25, 0.3) is 11.0 Å². The lowest BCUT2D eigenvalue weighted by Gasteiger charge is -2.19. The summed E-state index contributed by atoms with van der Waals surface area (Å²) in [7, 11) is -3.37. The lowest BCUT2D eigenvalue weighted by molar-refractivity contribution is -0.117. The number of aromatic amines is 1. The fraction of sp³-hybridized carbons (Fsp3) is 0.471. The van der Waals surface area contributed by atoms with Crippen LogP contribution in [-0.2, 0) is 14.8 Å². The molecule has 0 aromatic carbocycles. The molecule has 2 fully saturated rings. The van der Waals surface area contributed by atoms with Crippen molar-refractivity contribution in [2.24, 2.45) is 5.92 Å². The highest BCUT2D eigenvalue weighted by Gasteiger charge is 2.31. The summed E-state index contributed by atoms with van der Waals surface area (Å²) in [6.45, 7) is 4.64. The average molecular weight is 390 g/mol. The number of nitrogens with one attached hydrogen (secondary N) is 3. The molecule has 2 aromatic heterocycles. The summed E-state index contributed by atoms with van der Waals surface area (Å²) < 4.78 is 26.6. The number of hydrogen-bond donors (Lipinski definition) is 3. The second-order valence-electron chi connectivity index (χ2n) is 6.99. The van der Waals surface area contributed by atoms with E-state index >= 15 is 0 Å². The molecule has 1 saturated heterocycles. The third-order valence-corrected chi connectivity index (χ3v) is 6.12. The van der Waals surface area contributed by atoms with Crippen molar-refractivity contribution < 1.29 is 13.2 Å². The monoisotopic (exact) mass is 390 g/mol. The Labute approximate surface area is 157 Å². The predicted molar refractivity (Wildman–Crippen MR) is 103 cm³/mol. The van der Waals surface area contributed by atoms with Gasteiger partial charge in [0.1, 0.15) is 11.5 Å². The summed E-state index contributed by atoms with van der Waals surface area (Å²) >= 11 is 0. The molecule has 1 aliphatic carbocycles. The molecule has 0 radical (unpaired) electrons. The highest BCUT2D eigenvalue weighted by atomic mass is 32.2. The predicted octanol–water partition coefficient (Wildman–Crippen LogP) is 0.990. The number of carbonyl (C=O) groups is 1. The number of anilines is 2. The molecule has 4 rings (SSSR count). The van der Waals surface area contributed by atoms with Gasteiger partial charge in [-0.05, 0) is 25.3 Å². The largest absolute Gasteiger partial charge is 0.354 e. The maximum atomic E-state index is 12.1. The summed E-state index contributed by atoms with van der Waals surface area (Å²) in [5.74, 6) is 0.872. The van der Waals surface area contributed by atoms with Crippen LogP contribution in [-0.4, -0.2) is 54.2 Å². The van der Waals surface area contributed by atoms with Crippen LogP contribution in [0.5, 0.6) is 0 Å².